The van der Waals surface area contributed by atoms with E-state index in [2.05, 4.69) is 34.1 Å². The molecule has 1 aromatic carbocycles. The van der Waals surface area contributed by atoms with Crippen LogP contribution >= 0.6 is 0 Å². The second kappa shape index (κ2) is 10.8. The molecule has 0 aromatic heterocycles. The second-order valence-electron chi connectivity index (χ2n) is 9.15. The average molecular weight is 444 g/mol. The van der Waals surface area contributed by atoms with Crippen LogP contribution in [0.1, 0.15) is 85.6 Å². The Kier molecular flexibility index (Phi) is 9.34. The normalized spacial score (nSPS) is 23.7. The molecule has 0 atom stereocenters. The van der Waals surface area contributed by atoms with Crippen LogP contribution in [0.3, 0.4) is 0 Å². The molecule has 2 saturated carbocycles. The predicted octanol–water partition coefficient (Wildman–Crippen LogP) is 7.06. The largest absolute Gasteiger partial charge is 0.496 e. The number of ether oxygens (including phenoxy) is 1. The zero-order valence-electron chi connectivity index (χ0n) is 18.4. The van der Waals surface area contributed by atoms with E-state index in [1.165, 1.54) is 92.0 Å². The second-order valence-corrected chi connectivity index (χ2v) is 9.15. The standard InChI is InChI=1S/C25H39O.Y/c1-17-18(2)20(4)25(26-5)24(19(17)3)16-23-13-11-22(12-14-23)15-21-9-7-6-8-10-21;/h6,21-23H,7-16H2,1-5H3;/q-1;. The van der Waals surface area contributed by atoms with Crippen LogP contribution in [-0.4, -0.2) is 7.11 Å². The van der Waals surface area contributed by atoms with Crippen LogP contribution in [-0.2, 0) is 39.1 Å². The van der Waals surface area contributed by atoms with Gasteiger partial charge in [0.05, 0.1) is 7.11 Å². The minimum atomic E-state index is 0. The summed E-state index contributed by atoms with van der Waals surface area (Å²) in [5.41, 5.74) is 7.15. The first-order chi connectivity index (χ1) is 12.5. The van der Waals surface area contributed by atoms with Crippen LogP contribution in [0.15, 0.2) is 0 Å². The van der Waals surface area contributed by atoms with E-state index in [0.717, 1.165) is 23.5 Å². The van der Waals surface area contributed by atoms with E-state index in [9.17, 15) is 0 Å². The molecule has 27 heavy (non-hydrogen) atoms. The molecule has 0 unspecified atom stereocenters. The maximum atomic E-state index is 5.85. The van der Waals surface area contributed by atoms with Crippen LogP contribution in [0.4, 0.5) is 0 Å². The minimum absolute atomic E-state index is 0. The monoisotopic (exact) mass is 444 g/mol. The number of hydrogen-bond donors (Lipinski definition) is 0. The maximum absolute atomic E-state index is 5.85. The van der Waals surface area contributed by atoms with E-state index in [-0.39, 0.29) is 32.7 Å². The van der Waals surface area contributed by atoms with Gasteiger partial charge in [-0.15, -0.1) is 0 Å². The Labute approximate surface area is 193 Å². The van der Waals surface area contributed by atoms with Gasteiger partial charge in [-0.2, -0.15) is 12.8 Å². The van der Waals surface area contributed by atoms with Gasteiger partial charge in [0.25, 0.3) is 0 Å². The minimum Gasteiger partial charge on any atom is -0.496 e. The quantitative estimate of drug-likeness (QED) is 0.442. The van der Waals surface area contributed by atoms with Gasteiger partial charge in [-0.05, 0) is 98.9 Å². The average Bonchev–Trinajstić information content (AvgIpc) is 2.67. The van der Waals surface area contributed by atoms with Crippen LogP contribution < -0.4 is 4.74 Å². The third-order valence-corrected chi connectivity index (χ3v) is 7.64. The topological polar surface area (TPSA) is 9.23 Å². The maximum Gasteiger partial charge on any atom is 0.125 e. The first-order valence-electron chi connectivity index (χ1n) is 11.0. The van der Waals surface area contributed by atoms with Gasteiger partial charge in [0, 0.05) is 32.7 Å². The molecule has 1 radical (unpaired) electrons. The third kappa shape index (κ3) is 5.60. The van der Waals surface area contributed by atoms with Gasteiger partial charge < -0.3 is 11.2 Å². The van der Waals surface area contributed by atoms with Crippen molar-refractivity contribution in [3.63, 3.8) is 0 Å². The van der Waals surface area contributed by atoms with Crippen molar-refractivity contribution < 1.29 is 37.4 Å². The fourth-order valence-corrected chi connectivity index (χ4v) is 5.54. The molecule has 1 aromatic rings. The molecular formula is C25H39OY-. The van der Waals surface area contributed by atoms with Crippen LogP contribution in [0.5, 0.6) is 5.75 Å². The van der Waals surface area contributed by atoms with Crippen LogP contribution in [0.25, 0.3) is 0 Å². The number of methoxy groups -OCH3 is 1. The van der Waals surface area contributed by atoms with E-state index < -0.39 is 0 Å². The molecule has 0 heterocycles. The summed E-state index contributed by atoms with van der Waals surface area (Å²) in [7, 11) is 1.85. The summed E-state index contributed by atoms with van der Waals surface area (Å²) in [4.78, 5) is 0. The zero-order chi connectivity index (χ0) is 18.7. The molecule has 149 valence electrons. The van der Waals surface area contributed by atoms with Gasteiger partial charge in [0.2, 0.25) is 0 Å². The Morgan fingerprint density at radius 3 is 1.85 bits per heavy atom. The molecule has 0 amide bonds. The number of hydrogen-bond acceptors (Lipinski definition) is 1. The van der Waals surface area contributed by atoms with Gasteiger partial charge in [0.15, 0.2) is 0 Å². The van der Waals surface area contributed by atoms with Crippen molar-refractivity contribution in [2.75, 3.05) is 7.11 Å². The zero-order valence-corrected chi connectivity index (χ0v) is 21.2. The summed E-state index contributed by atoms with van der Waals surface area (Å²) < 4.78 is 5.85. The van der Waals surface area contributed by atoms with Gasteiger partial charge in [-0.1, -0.05) is 25.7 Å². The summed E-state index contributed by atoms with van der Waals surface area (Å²) in [6.07, 6.45) is 16.6. The molecule has 0 aliphatic heterocycles. The summed E-state index contributed by atoms with van der Waals surface area (Å²) in [6.45, 7) is 9.03. The SMILES string of the molecule is COc1c(C)c(C)c(C)c(C)c1CC1CCC(CC2CC[CH-]CC2)CC1.[Y]. The van der Waals surface area contributed by atoms with Crippen molar-refractivity contribution in [2.24, 2.45) is 17.8 Å². The van der Waals surface area contributed by atoms with Crippen molar-refractivity contribution in [3.8, 4) is 5.75 Å². The van der Waals surface area contributed by atoms with Gasteiger partial charge >= 0.3 is 0 Å². The molecule has 0 N–H and O–H groups in total. The molecule has 2 aliphatic carbocycles. The van der Waals surface area contributed by atoms with E-state index >= 15 is 0 Å². The van der Waals surface area contributed by atoms with Crippen LogP contribution in [0.2, 0.25) is 0 Å². The van der Waals surface area contributed by atoms with Gasteiger partial charge in [-0.25, -0.2) is 0 Å². The van der Waals surface area contributed by atoms with E-state index in [0.29, 0.717) is 0 Å². The Bertz CT molecular complexity index is 607. The first kappa shape index (κ1) is 23.4. The predicted molar refractivity (Wildman–Crippen MR) is 112 cm³/mol. The summed E-state index contributed by atoms with van der Waals surface area (Å²) in [5.74, 6) is 4.02. The smallest absolute Gasteiger partial charge is 0.125 e. The molecule has 1 nitrogen and oxygen atoms in total. The van der Waals surface area contributed by atoms with Crippen molar-refractivity contribution in [3.05, 3.63) is 34.2 Å². The molecule has 0 spiro atoms. The molecular weight excluding hydrogens is 405 g/mol. The van der Waals surface area contributed by atoms with Crippen LogP contribution in [0, 0.1) is 51.9 Å². The van der Waals surface area contributed by atoms with Crippen molar-refractivity contribution in [1.82, 2.24) is 0 Å². The third-order valence-electron chi connectivity index (χ3n) is 7.64. The summed E-state index contributed by atoms with van der Waals surface area (Å²) in [6, 6.07) is 0. The number of rotatable bonds is 5. The number of benzene rings is 1. The van der Waals surface area contributed by atoms with E-state index in [4.69, 9.17) is 4.74 Å². The Balaban J connectivity index is 0.00000261. The van der Waals surface area contributed by atoms with Crippen molar-refractivity contribution in [2.45, 2.75) is 91.9 Å². The first-order valence-corrected chi connectivity index (χ1v) is 11.0. The van der Waals surface area contributed by atoms with E-state index in [1.54, 1.807) is 0 Å². The molecule has 0 saturated heterocycles. The Hall–Kier alpha value is 0.124. The molecule has 0 bridgehead atoms. The fraction of sp³-hybridized carbons (Fsp3) is 0.720. The summed E-state index contributed by atoms with van der Waals surface area (Å²) in [5, 5.41) is 0. The molecule has 2 heteroatoms. The fourth-order valence-electron chi connectivity index (χ4n) is 5.54. The summed E-state index contributed by atoms with van der Waals surface area (Å²) >= 11 is 0. The molecule has 3 rings (SSSR count). The van der Waals surface area contributed by atoms with Crippen molar-refractivity contribution >= 4 is 0 Å². The van der Waals surface area contributed by atoms with E-state index in [1.807, 2.05) is 7.11 Å². The van der Waals surface area contributed by atoms with Gasteiger partial charge in [-0.3, -0.25) is 0 Å². The van der Waals surface area contributed by atoms with Gasteiger partial charge in [0.1, 0.15) is 5.75 Å². The Morgan fingerprint density at radius 1 is 0.741 bits per heavy atom. The molecule has 2 aliphatic rings. The van der Waals surface area contributed by atoms with Crippen molar-refractivity contribution in [1.29, 1.82) is 0 Å². The molecule has 2 fully saturated rings. The Morgan fingerprint density at radius 2 is 1.26 bits per heavy atom.